The van der Waals surface area contributed by atoms with Crippen LogP contribution in [0.1, 0.15) is 25.1 Å². The zero-order valence-corrected chi connectivity index (χ0v) is 11.6. The Kier molecular flexibility index (Phi) is 4.47. The largest absolute Gasteiger partial charge is 0.455 e. The van der Waals surface area contributed by atoms with Gasteiger partial charge in [-0.05, 0) is 25.1 Å². The van der Waals surface area contributed by atoms with Gasteiger partial charge in [-0.15, -0.1) is 0 Å². The van der Waals surface area contributed by atoms with E-state index < -0.39 is 0 Å². The molecule has 0 aliphatic carbocycles. The number of hydrogen-bond acceptors (Lipinski definition) is 4. The summed E-state index contributed by atoms with van der Waals surface area (Å²) in [5.41, 5.74) is 2.01. The topological polar surface area (TPSA) is 47.0 Å². The fourth-order valence-electron chi connectivity index (χ4n) is 1.60. The second-order valence-electron chi connectivity index (χ2n) is 4.76. The summed E-state index contributed by atoms with van der Waals surface area (Å²) in [6, 6.07) is 6.15. The second-order valence-corrected chi connectivity index (χ2v) is 4.76. The third-order valence-corrected chi connectivity index (χ3v) is 2.67. The lowest BCUT2D eigenvalue weighted by Gasteiger charge is -2.12. The molecule has 2 aromatic rings. The molecule has 0 saturated heterocycles. The van der Waals surface area contributed by atoms with E-state index in [2.05, 4.69) is 29.1 Å². The first kappa shape index (κ1) is 13.5. The van der Waals surface area contributed by atoms with E-state index in [0.29, 0.717) is 6.04 Å². The van der Waals surface area contributed by atoms with Gasteiger partial charge in [0, 0.05) is 36.2 Å². The predicted octanol–water partition coefficient (Wildman–Crippen LogP) is 3.08. The monoisotopic (exact) mass is 257 g/mol. The molecule has 0 bridgehead atoms. The molecule has 0 amide bonds. The molecular weight excluding hydrogens is 238 g/mol. The van der Waals surface area contributed by atoms with Gasteiger partial charge in [0.2, 0.25) is 0 Å². The van der Waals surface area contributed by atoms with Gasteiger partial charge in [0.1, 0.15) is 11.5 Å². The number of pyridine rings is 2. The van der Waals surface area contributed by atoms with Gasteiger partial charge < -0.3 is 10.1 Å². The quantitative estimate of drug-likeness (QED) is 0.894. The van der Waals surface area contributed by atoms with Crippen molar-refractivity contribution in [2.75, 3.05) is 0 Å². The average Bonchev–Trinajstić information content (AvgIpc) is 2.40. The Hall–Kier alpha value is -1.94. The van der Waals surface area contributed by atoms with E-state index in [1.165, 1.54) is 0 Å². The highest BCUT2D eigenvalue weighted by atomic mass is 16.5. The molecule has 2 rings (SSSR count). The van der Waals surface area contributed by atoms with Crippen molar-refractivity contribution in [3.05, 3.63) is 48.0 Å². The van der Waals surface area contributed by atoms with E-state index in [0.717, 1.165) is 29.3 Å². The molecular formula is C15H19N3O. The Labute approximate surface area is 113 Å². The lowest BCUT2D eigenvalue weighted by Crippen LogP contribution is -2.22. The number of ether oxygens (including phenoxy) is 1. The van der Waals surface area contributed by atoms with Crippen LogP contribution in [0.4, 0.5) is 0 Å². The number of aromatic nitrogens is 2. The van der Waals surface area contributed by atoms with Gasteiger partial charge in [-0.3, -0.25) is 9.97 Å². The molecule has 0 fully saturated rings. The average molecular weight is 257 g/mol. The van der Waals surface area contributed by atoms with Crippen LogP contribution in [0, 0.1) is 6.92 Å². The normalized spacial score (nSPS) is 10.7. The second kappa shape index (κ2) is 6.29. The fraction of sp³-hybridized carbons (Fsp3) is 0.333. The minimum atomic E-state index is 0.425. The molecule has 100 valence electrons. The predicted molar refractivity (Wildman–Crippen MR) is 75.3 cm³/mol. The maximum Gasteiger partial charge on any atom is 0.145 e. The third kappa shape index (κ3) is 4.03. The highest BCUT2D eigenvalue weighted by Gasteiger charge is 2.05. The number of hydrogen-bond donors (Lipinski definition) is 1. The first-order chi connectivity index (χ1) is 9.15. The molecule has 0 atom stereocenters. The van der Waals surface area contributed by atoms with Crippen LogP contribution in [0.15, 0.2) is 36.8 Å². The van der Waals surface area contributed by atoms with Crippen molar-refractivity contribution >= 4 is 0 Å². The van der Waals surface area contributed by atoms with Crippen LogP contribution >= 0.6 is 0 Å². The van der Waals surface area contributed by atoms with E-state index >= 15 is 0 Å². The Morgan fingerprint density at radius 2 is 2.05 bits per heavy atom. The van der Waals surface area contributed by atoms with Gasteiger partial charge in [0.25, 0.3) is 0 Å². The van der Waals surface area contributed by atoms with Gasteiger partial charge >= 0.3 is 0 Å². The van der Waals surface area contributed by atoms with E-state index in [1.807, 2.05) is 31.3 Å². The molecule has 0 aromatic carbocycles. The Morgan fingerprint density at radius 3 is 2.74 bits per heavy atom. The number of nitrogens with zero attached hydrogens (tertiary/aromatic N) is 2. The molecule has 0 radical (unpaired) electrons. The van der Waals surface area contributed by atoms with Gasteiger partial charge in [0.15, 0.2) is 0 Å². The van der Waals surface area contributed by atoms with Crippen LogP contribution in [0.25, 0.3) is 0 Å². The van der Waals surface area contributed by atoms with Crippen molar-refractivity contribution in [1.29, 1.82) is 0 Å². The van der Waals surface area contributed by atoms with Crippen LogP contribution in [-0.4, -0.2) is 16.0 Å². The summed E-state index contributed by atoms with van der Waals surface area (Å²) >= 11 is 0. The molecule has 0 saturated carbocycles. The van der Waals surface area contributed by atoms with Crippen LogP contribution in [0.3, 0.4) is 0 Å². The summed E-state index contributed by atoms with van der Waals surface area (Å²) in [5, 5.41) is 3.36. The molecule has 0 aliphatic heterocycles. The highest BCUT2D eigenvalue weighted by Crippen LogP contribution is 2.24. The summed E-state index contributed by atoms with van der Waals surface area (Å²) in [6.07, 6.45) is 5.29. The highest BCUT2D eigenvalue weighted by molar-refractivity contribution is 5.35. The molecule has 0 unspecified atom stereocenters. The summed E-state index contributed by atoms with van der Waals surface area (Å²) in [6.45, 7) is 6.91. The lowest BCUT2D eigenvalue weighted by molar-refractivity contribution is 0.466. The zero-order valence-electron chi connectivity index (χ0n) is 11.6. The molecule has 0 aliphatic rings. The molecule has 4 heteroatoms. The van der Waals surface area contributed by atoms with Gasteiger partial charge in [-0.25, -0.2) is 0 Å². The first-order valence-electron chi connectivity index (χ1n) is 6.42. The molecule has 4 nitrogen and oxygen atoms in total. The first-order valence-corrected chi connectivity index (χ1v) is 6.42. The maximum absolute atomic E-state index is 5.85. The minimum Gasteiger partial charge on any atom is -0.455 e. The van der Waals surface area contributed by atoms with Crippen molar-refractivity contribution in [3.63, 3.8) is 0 Å². The van der Waals surface area contributed by atoms with Crippen molar-refractivity contribution in [2.24, 2.45) is 0 Å². The van der Waals surface area contributed by atoms with Crippen LogP contribution in [-0.2, 0) is 6.54 Å². The third-order valence-electron chi connectivity index (χ3n) is 2.67. The van der Waals surface area contributed by atoms with E-state index in [1.54, 1.807) is 12.4 Å². The molecule has 0 spiro atoms. The zero-order chi connectivity index (χ0) is 13.7. The van der Waals surface area contributed by atoms with E-state index in [4.69, 9.17) is 4.74 Å². The van der Waals surface area contributed by atoms with Crippen LogP contribution in [0.2, 0.25) is 0 Å². The van der Waals surface area contributed by atoms with E-state index in [-0.39, 0.29) is 0 Å². The van der Waals surface area contributed by atoms with Crippen molar-refractivity contribution in [1.82, 2.24) is 15.3 Å². The summed E-state index contributed by atoms with van der Waals surface area (Å²) < 4.78 is 5.85. The van der Waals surface area contributed by atoms with Gasteiger partial charge in [-0.1, -0.05) is 13.8 Å². The molecule has 1 N–H and O–H groups in total. The molecule has 2 heterocycles. The van der Waals surface area contributed by atoms with Gasteiger partial charge in [-0.2, -0.15) is 0 Å². The maximum atomic E-state index is 5.85. The molecule has 2 aromatic heterocycles. The summed E-state index contributed by atoms with van der Waals surface area (Å²) in [4.78, 5) is 8.37. The number of nitrogens with one attached hydrogen (secondary N) is 1. The summed E-state index contributed by atoms with van der Waals surface area (Å²) in [5.74, 6) is 1.55. The number of aryl methyl sites for hydroxylation is 1. The van der Waals surface area contributed by atoms with Crippen molar-refractivity contribution in [2.45, 2.75) is 33.4 Å². The lowest BCUT2D eigenvalue weighted by atomic mass is 10.2. The summed E-state index contributed by atoms with van der Waals surface area (Å²) in [7, 11) is 0. The smallest absolute Gasteiger partial charge is 0.145 e. The van der Waals surface area contributed by atoms with E-state index in [9.17, 15) is 0 Å². The molecule has 19 heavy (non-hydrogen) atoms. The van der Waals surface area contributed by atoms with Crippen molar-refractivity contribution in [3.8, 4) is 11.5 Å². The minimum absolute atomic E-state index is 0.425. The van der Waals surface area contributed by atoms with Gasteiger partial charge in [0.05, 0.1) is 6.20 Å². The van der Waals surface area contributed by atoms with Crippen LogP contribution in [0.5, 0.6) is 11.5 Å². The Morgan fingerprint density at radius 1 is 1.21 bits per heavy atom. The fourth-order valence-corrected chi connectivity index (χ4v) is 1.60. The number of rotatable bonds is 5. The van der Waals surface area contributed by atoms with Crippen molar-refractivity contribution < 1.29 is 4.74 Å². The Balaban J connectivity index is 2.13. The van der Waals surface area contributed by atoms with Crippen LogP contribution < -0.4 is 10.1 Å². The SMILES string of the molecule is Cc1ccc(Oc2ccncc2CNC(C)C)cn1. The Bertz CT molecular complexity index is 523. The standard InChI is InChI=1S/C15H19N3O/c1-11(2)17-9-13-8-16-7-6-15(13)19-14-5-4-12(3)18-10-14/h4-8,10-11,17H,9H2,1-3H3.